The van der Waals surface area contributed by atoms with Gasteiger partial charge in [-0.25, -0.2) is 0 Å². The fourth-order valence-electron chi connectivity index (χ4n) is 3.08. The largest absolute Gasteiger partial charge is 0.377 e. The molecule has 2 heterocycles. The van der Waals surface area contributed by atoms with Crippen LogP contribution < -0.4 is 0 Å². The molecule has 3 nitrogen and oxygen atoms in total. The summed E-state index contributed by atoms with van der Waals surface area (Å²) in [5.41, 5.74) is 0. The highest BCUT2D eigenvalue weighted by molar-refractivity contribution is 4.79. The maximum atomic E-state index is 5.75. The molecule has 0 aromatic heterocycles. The third kappa shape index (κ3) is 3.94. The number of rotatable bonds is 5. The zero-order valence-corrected chi connectivity index (χ0v) is 11.4. The molecule has 0 amide bonds. The Morgan fingerprint density at radius 2 is 1.88 bits per heavy atom. The SMILES string of the molecule is C[C@@H]1CCC[C@H](C)N1CCOC[C@@H]1CCCO1. The Hall–Kier alpha value is -0.120. The van der Waals surface area contributed by atoms with Gasteiger partial charge in [0.2, 0.25) is 0 Å². The molecule has 17 heavy (non-hydrogen) atoms. The van der Waals surface area contributed by atoms with Crippen LogP contribution in [0.1, 0.15) is 46.0 Å². The molecule has 0 bridgehead atoms. The van der Waals surface area contributed by atoms with Crippen LogP contribution in [0.5, 0.6) is 0 Å². The summed E-state index contributed by atoms with van der Waals surface area (Å²) in [6.07, 6.45) is 6.82. The summed E-state index contributed by atoms with van der Waals surface area (Å²) in [6.45, 7) is 8.33. The molecule has 0 radical (unpaired) electrons. The van der Waals surface area contributed by atoms with Crippen LogP contribution in [0.4, 0.5) is 0 Å². The minimum Gasteiger partial charge on any atom is -0.377 e. The molecule has 2 aliphatic rings. The average Bonchev–Trinajstić information content (AvgIpc) is 2.80. The van der Waals surface area contributed by atoms with Crippen LogP contribution in [-0.4, -0.2) is 49.5 Å². The first kappa shape index (κ1) is 13.3. The first-order chi connectivity index (χ1) is 8.27. The zero-order valence-electron chi connectivity index (χ0n) is 11.4. The number of hydrogen-bond acceptors (Lipinski definition) is 3. The molecule has 0 aliphatic carbocycles. The second kappa shape index (κ2) is 6.72. The van der Waals surface area contributed by atoms with E-state index in [0.29, 0.717) is 6.10 Å². The van der Waals surface area contributed by atoms with Crippen molar-refractivity contribution in [3.8, 4) is 0 Å². The summed E-state index contributed by atoms with van der Waals surface area (Å²) in [4.78, 5) is 2.60. The summed E-state index contributed by atoms with van der Waals surface area (Å²) in [7, 11) is 0. The number of ether oxygens (including phenoxy) is 2. The van der Waals surface area contributed by atoms with Gasteiger partial charge in [-0.3, -0.25) is 4.90 Å². The van der Waals surface area contributed by atoms with Gasteiger partial charge < -0.3 is 9.47 Å². The summed E-state index contributed by atoms with van der Waals surface area (Å²) < 4.78 is 11.3. The lowest BCUT2D eigenvalue weighted by Crippen LogP contribution is -2.45. The van der Waals surface area contributed by atoms with Crippen molar-refractivity contribution in [1.82, 2.24) is 4.90 Å². The topological polar surface area (TPSA) is 21.7 Å². The summed E-state index contributed by atoms with van der Waals surface area (Å²) in [5.74, 6) is 0. The fraction of sp³-hybridized carbons (Fsp3) is 1.00. The van der Waals surface area contributed by atoms with Crippen molar-refractivity contribution in [1.29, 1.82) is 0 Å². The van der Waals surface area contributed by atoms with E-state index in [-0.39, 0.29) is 0 Å². The Balaban J connectivity index is 1.59. The molecule has 100 valence electrons. The Bertz CT molecular complexity index is 206. The highest BCUT2D eigenvalue weighted by atomic mass is 16.5. The smallest absolute Gasteiger partial charge is 0.0809 e. The molecule has 2 saturated heterocycles. The lowest BCUT2D eigenvalue weighted by Gasteiger charge is -2.38. The second-order valence-corrected chi connectivity index (χ2v) is 5.58. The van der Waals surface area contributed by atoms with E-state index in [1.54, 1.807) is 0 Å². The van der Waals surface area contributed by atoms with Gasteiger partial charge >= 0.3 is 0 Å². The van der Waals surface area contributed by atoms with E-state index in [2.05, 4.69) is 18.7 Å². The molecule has 0 spiro atoms. The second-order valence-electron chi connectivity index (χ2n) is 5.58. The van der Waals surface area contributed by atoms with Crippen LogP contribution in [0.2, 0.25) is 0 Å². The van der Waals surface area contributed by atoms with Gasteiger partial charge in [-0.1, -0.05) is 6.42 Å². The van der Waals surface area contributed by atoms with Crippen LogP contribution in [0.15, 0.2) is 0 Å². The zero-order chi connectivity index (χ0) is 12.1. The van der Waals surface area contributed by atoms with Crippen LogP contribution >= 0.6 is 0 Å². The lowest BCUT2D eigenvalue weighted by atomic mass is 9.98. The minimum absolute atomic E-state index is 0.367. The van der Waals surface area contributed by atoms with Crippen molar-refractivity contribution in [2.75, 3.05) is 26.4 Å². The van der Waals surface area contributed by atoms with E-state index in [4.69, 9.17) is 9.47 Å². The van der Waals surface area contributed by atoms with Crippen molar-refractivity contribution in [3.63, 3.8) is 0 Å². The normalized spacial score (nSPS) is 35.3. The molecule has 2 fully saturated rings. The third-order valence-corrected chi connectivity index (χ3v) is 4.20. The highest BCUT2D eigenvalue weighted by Gasteiger charge is 2.24. The quantitative estimate of drug-likeness (QED) is 0.690. The summed E-state index contributed by atoms with van der Waals surface area (Å²) in [6, 6.07) is 1.45. The monoisotopic (exact) mass is 241 g/mol. The van der Waals surface area contributed by atoms with E-state index in [1.165, 1.54) is 32.1 Å². The molecule has 3 heteroatoms. The molecular formula is C14H27NO2. The van der Waals surface area contributed by atoms with Gasteiger partial charge in [-0.2, -0.15) is 0 Å². The number of nitrogens with zero attached hydrogens (tertiary/aromatic N) is 1. The molecule has 3 atom stereocenters. The van der Waals surface area contributed by atoms with Gasteiger partial charge in [-0.05, 0) is 39.5 Å². The van der Waals surface area contributed by atoms with E-state index < -0.39 is 0 Å². The Labute approximate surface area is 105 Å². The third-order valence-electron chi connectivity index (χ3n) is 4.20. The van der Waals surface area contributed by atoms with Gasteiger partial charge in [-0.15, -0.1) is 0 Å². The van der Waals surface area contributed by atoms with Crippen molar-refractivity contribution in [3.05, 3.63) is 0 Å². The van der Waals surface area contributed by atoms with Crippen molar-refractivity contribution in [2.24, 2.45) is 0 Å². The number of likely N-dealkylation sites (tertiary alicyclic amines) is 1. The predicted molar refractivity (Wildman–Crippen MR) is 69.3 cm³/mol. The van der Waals surface area contributed by atoms with E-state index in [9.17, 15) is 0 Å². The fourth-order valence-corrected chi connectivity index (χ4v) is 3.08. The Morgan fingerprint density at radius 1 is 1.12 bits per heavy atom. The predicted octanol–water partition coefficient (Wildman–Crippen LogP) is 2.44. The van der Waals surface area contributed by atoms with Crippen molar-refractivity contribution < 1.29 is 9.47 Å². The molecule has 0 aromatic rings. The van der Waals surface area contributed by atoms with E-state index >= 15 is 0 Å². The minimum atomic E-state index is 0.367. The Kier molecular flexibility index (Phi) is 5.26. The molecule has 2 aliphatic heterocycles. The molecule has 0 aromatic carbocycles. The molecule has 0 unspecified atom stereocenters. The Morgan fingerprint density at radius 3 is 2.53 bits per heavy atom. The first-order valence-corrected chi connectivity index (χ1v) is 7.22. The van der Waals surface area contributed by atoms with Crippen LogP contribution in [0, 0.1) is 0 Å². The van der Waals surface area contributed by atoms with E-state index in [1.807, 2.05) is 0 Å². The highest BCUT2D eigenvalue weighted by Crippen LogP contribution is 2.21. The summed E-state index contributed by atoms with van der Waals surface area (Å²) in [5, 5.41) is 0. The number of piperidine rings is 1. The van der Waals surface area contributed by atoms with Crippen LogP contribution in [-0.2, 0) is 9.47 Å². The molecule has 0 saturated carbocycles. The van der Waals surface area contributed by atoms with Gasteiger partial charge in [0.05, 0.1) is 19.3 Å². The van der Waals surface area contributed by atoms with Gasteiger partial charge in [0.1, 0.15) is 0 Å². The molecule has 2 rings (SSSR count). The maximum Gasteiger partial charge on any atom is 0.0809 e. The van der Waals surface area contributed by atoms with Gasteiger partial charge in [0.25, 0.3) is 0 Å². The van der Waals surface area contributed by atoms with Crippen molar-refractivity contribution >= 4 is 0 Å². The average molecular weight is 241 g/mol. The summed E-state index contributed by atoms with van der Waals surface area (Å²) >= 11 is 0. The van der Waals surface area contributed by atoms with Crippen LogP contribution in [0.25, 0.3) is 0 Å². The number of hydrogen-bond donors (Lipinski definition) is 0. The van der Waals surface area contributed by atoms with Crippen molar-refractivity contribution in [2.45, 2.75) is 64.1 Å². The standard InChI is InChI=1S/C14H27NO2/c1-12-5-3-6-13(2)15(12)8-10-16-11-14-7-4-9-17-14/h12-14H,3-11H2,1-2H3/t12-,13+,14-/m0/s1. The van der Waals surface area contributed by atoms with Crippen LogP contribution in [0.3, 0.4) is 0 Å². The first-order valence-electron chi connectivity index (χ1n) is 7.22. The molecular weight excluding hydrogens is 214 g/mol. The molecule has 0 N–H and O–H groups in total. The lowest BCUT2D eigenvalue weighted by molar-refractivity contribution is -0.00184. The maximum absolute atomic E-state index is 5.75. The van der Waals surface area contributed by atoms with E-state index in [0.717, 1.165) is 38.4 Å². The van der Waals surface area contributed by atoms with Gasteiger partial charge in [0.15, 0.2) is 0 Å². The van der Waals surface area contributed by atoms with Gasteiger partial charge in [0, 0.05) is 25.2 Å².